The van der Waals surface area contributed by atoms with Gasteiger partial charge in [-0.3, -0.25) is 0 Å². The molecule has 1 aromatic carbocycles. The Morgan fingerprint density at radius 1 is 1.11 bits per heavy atom. The Morgan fingerprint density at radius 2 is 1.89 bits per heavy atom. The highest BCUT2D eigenvalue weighted by molar-refractivity contribution is 5.90. The van der Waals surface area contributed by atoms with Gasteiger partial charge in [-0.05, 0) is 24.3 Å². The van der Waals surface area contributed by atoms with Gasteiger partial charge < -0.3 is 59.1 Å². The molecule has 3 fully saturated rings. The van der Waals surface area contributed by atoms with E-state index in [4.69, 9.17) is 28.4 Å². The first kappa shape index (κ1) is 25.2. The molecule has 11 atom stereocenters. The third kappa shape index (κ3) is 3.92. The monoisotopic (exact) mass is 512 g/mol. The molecule has 6 N–H and O–H groups in total. The average molecular weight is 512 g/mol. The fourth-order valence-corrected chi connectivity index (χ4v) is 5.28. The van der Waals surface area contributed by atoms with E-state index < -0.39 is 85.8 Å². The lowest BCUT2D eigenvalue weighted by molar-refractivity contribution is -0.344. The molecule has 36 heavy (non-hydrogen) atoms. The van der Waals surface area contributed by atoms with Gasteiger partial charge in [-0.2, -0.15) is 0 Å². The summed E-state index contributed by atoms with van der Waals surface area (Å²) in [7, 11) is 1.35. The van der Waals surface area contributed by atoms with Crippen LogP contribution < -0.4 is 4.74 Å². The van der Waals surface area contributed by atoms with E-state index in [2.05, 4.69) is 0 Å². The zero-order valence-corrected chi connectivity index (χ0v) is 19.1. The molecule has 3 heterocycles. The molecular formula is C23H28O13. The second-order valence-corrected chi connectivity index (χ2v) is 9.18. The van der Waals surface area contributed by atoms with Crippen molar-refractivity contribution in [1.29, 1.82) is 0 Å². The molecule has 198 valence electrons. The van der Waals surface area contributed by atoms with Crippen LogP contribution in [-0.4, -0.2) is 112 Å². The highest BCUT2D eigenvalue weighted by Crippen LogP contribution is 2.60. The van der Waals surface area contributed by atoms with Gasteiger partial charge in [-0.1, -0.05) is 0 Å². The number of epoxide rings is 1. The number of methoxy groups -OCH3 is 1. The smallest absolute Gasteiger partial charge is 0.338 e. The van der Waals surface area contributed by atoms with E-state index in [1.165, 1.54) is 31.6 Å². The van der Waals surface area contributed by atoms with Gasteiger partial charge in [0.05, 0.1) is 38.1 Å². The van der Waals surface area contributed by atoms with Crippen LogP contribution in [0.2, 0.25) is 0 Å². The number of hydrogen-bond acceptors (Lipinski definition) is 13. The van der Waals surface area contributed by atoms with Crippen LogP contribution >= 0.6 is 0 Å². The normalized spacial score (nSPS) is 42.7. The van der Waals surface area contributed by atoms with Crippen molar-refractivity contribution in [1.82, 2.24) is 0 Å². The predicted molar refractivity (Wildman–Crippen MR) is 114 cm³/mol. The first-order chi connectivity index (χ1) is 17.2. The quantitative estimate of drug-likeness (QED) is 0.173. The van der Waals surface area contributed by atoms with E-state index in [1.807, 2.05) is 0 Å². The van der Waals surface area contributed by atoms with Crippen LogP contribution in [0.5, 0.6) is 11.5 Å². The SMILES string of the molecule is COc1cc(C(=O)O[C@H]2[C@@H]3C=CO[C@H](O[C@H]4O[C@H](CO)[C@@H](O)[C@@H](O)[C@H]4O)[C@H]3[C@]3(CO)O[C@H]23)ccc1O. The maximum Gasteiger partial charge on any atom is 0.338 e. The molecule has 0 amide bonds. The summed E-state index contributed by atoms with van der Waals surface area (Å²) in [5.41, 5.74) is -1.03. The Hall–Kier alpha value is -2.49. The molecule has 0 radical (unpaired) electrons. The van der Waals surface area contributed by atoms with Crippen molar-refractivity contribution in [3.63, 3.8) is 0 Å². The van der Waals surface area contributed by atoms with E-state index in [1.54, 1.807) is 6.08 Å². The number of rotatable bonds is 7. The summed E-state index contributed by atoms with van der Waals surface area (Å²) < 4.78 is 33.4. The number of phenolic OH excluding ortho intramolecular Hbond substituents is 1. The third-order valence-corrected chi connectivity index (χ3v) is 7.26. The van der Waals surface area contributed by atoms with Crippen molar-refractivity contribution in [2.24, 2.45) is 11.8 Å². The molecule has 1 aliphatic carbocycles. The van der Waals surface area contributed by atoms with E-state index in [-0.39, 0.29) is 17.1 Å². The lowest BCUT2D eigenvalue weighted by Crippen LogP contribution is -2.60. The van der Waals surface area contributed by atoms with Crippen molar-refractivity contribution in [3.8, 4) is 11.5 Å². The van der Waals surface area contributed by atoms with Crippen LogP contribution in [0.25, 0.3) is 0 Å². The number of aliphatic hydroxyl groups is 5. The minimum atomic E-state index is -1.66. The van der Waals surface area contributed by atoms with Crippen molar-refractivity contribution >= 4 is 5.97 Å². The number of hydrogen-bond donors (Lipinski definition) is 6. The molecule has 2 saturated heterocycles. The minimum absolute atomic E-state index is 0.0973. The van der Waals surface area contributed by atoms with E-state index in [9.17, 15) is 35.4 Å². The first-order valence-electron chi connectivity index (χ1n) is 11.4. The molecule has 0 bridgehead atoms. The van der Waals surface area contributed by atoms with E-state index in [0.29, 0.717) is 0 Å². The second-order valence-electron chi connectivity index (χ2n) is 9.18. The van der Waals surface area contributed by atoms with Gasteiger partial charge in [-0.25, -0.2) is 4.79 Å². The molecule has 5 rings (SSSR count). The fourth-order valence-electron chi connectivity index (χ4n) is 5.28. The van der Waals surface area contributed by atoms with Gasteiger partial charge in [0, 0.05) is 5.92 Å². The number of fused-ring (bicyclic) bond motifs is 3. The van der Waals surface area contributed by atoms with Gasteiger partial charge in [0.1, 0.15) is 42.2 Å². The van der Waals surface area contributed by atoms with E-state index in [0.717, 1.165) is 0 Å². The number of aliphatic hydroxyl groups excluding tert-OH is 5. The minimum Gasteiger partial charge on any atom is -0.504 e. The standard InChI is InChI=1S/C23H28O13/c1-31-12-6-9(2-3-11(12)26)20(30)34-18-10-4-5-32-21(14(10)23(8-25)19(18)36-23)35-22-17(29)16(28)15(27)13(7-24)33-22/h2-6,10,13-19,21-22,24-29H,7-8H2,1H3/t10-,13-,14+,15-,16-,17-,18+,19-,21-,22-,23+/m1/s1. The Kier molecular flexibility index (Phi) is 6.59. The maximum absolute atomic E-state index is 12.9. The highest BCUT2D eigenvalue weighted by Gasteiger charge is 2.77. The van der Waals surface area contributed by atoms with Crippen LogP contribution in [0.15, 0.2) is 30.5 Å². The molecule has 1 aromatic rings. The summed E-state index contributed by atoms with van der Waals surface area (Å²) >= 11 is 0. The van der Waals surface area contributed by atoms with Crippen molar-refractivity contribution < 1.29 is 63.9 Å². The summed E-state index contributed by atoms with van der Waals surface area (Å²) in [6.45, 7) is -1.07. The van der Waals surface area contributed by atoms with Crippen LogP contribution in [0, 0.1) is 11.8 Å². The van der Waals surface area contributed by atoms with Crippen molar-refractivity contribution in [2.45, 2.75) is 54.8 Å². The molecule has 0 unspecified atom stereocenters. The molecular weight excluding hydrogens is 484 g/mol. The van der Waals surface area contributed by atoms with Gasteiger partial charge in [0.25, 0.3) is 0 Å². The zero-order chi connectivity index (χ0) is 25.8. The van der Waals surface area contributed by atoms with E-state index >= 15 is 0 Å². The fraction of sp³-hybridized carbons (Fsp3) is 0.609. The number of aromatic hydroxyl groups is 1. The molecule has 0 spiro atoms. The summed E-state index contributed by atoms with van der Waals surface area (Å²) in [5, 5.41) is 59.8. The number of esters is 1. The first-order valence-corrected chi connectivity index (χ1v) is 11.4. The third-order valence-electron chi connectivity index (χ3n) is 7.26. The lowest BCUT2D eigenvalue weighted by atomic mass is 9.85. The Bertz CT molecular complexity index is 1010. The van der Waals surface area contributed by atoms with Crippen LogP contribution in [0.1, 0.15) is 10.4 Å². The van der Waals surface area contributed by atoms with Crippen LogP contribution in [0.4, 0.5) is 0 Å². The Labute approximate surface area is 205 Å². The topological polar surface area (TPSA) is 197 Å². The number of benzene rings is 1. The largest absolute Gasteiger partial charge is 0.504 e. The van der Waals surface area contributed by atoms with Gasteiger partial charge in [-0.15, -0.1) is 0 Å². The summed E-state index contributed by atoms with van der Waals surface area (Å²) in [6.07, 6.45) is -7.19. The number of carbonyl (C=O) groups is 1. The predicted octanol–water partition coefficient (Wildman–Crippen LogP) is -2.01. The summed E-state index contributed by atoms with van der Waals surface area (Å²) in [4.78, 5) is 12.9. The number of carbonyl (C=O) groups excluding carboxylic acids is 1. The molecule has 13 nitrogen and oxygen atoms in total. The van der Waals surface area contributed by atoms with Crippen LogP contribution in [0.3, 0.4) is 0 Å². The van der Waals surface area contributed by atoms with Crippen molar-refractivity contribution in [2.75, 3.05) is 20.3 Å². The van der Waals surface area contributed by atoms with Gasteiger partial charge >= 0.3 is 5.97 Å². The zero-order valence-electron chi connectivity index (χ0n) is 19.1. The van der Waals surface area contributed by atoms with Crippen LogP contribution in [-0.2, 0) is 23.7 Å². The Morgan fingerprint density at radius 3 is 2.58 bits per heavy atom. The molecule has 3 aliphatic heterocycles. The highest BCUT2D eigenvalue weighted by atomic mass is 16.8. The molecule has 4 aliphatic rings. The number of phenols is 1. The summed E-state index contributed by atoms with van der Waals surface area (Å²) in [6, 6.07) is 4.02. The maximum atomic E-state index is 12.9. The second kappa shape index (κ2) is 9.43. The number of ether oxygens (including phenoxy) is 6. The molecule has 13 heteroatoms. The Balaban J connectivity index is 1.35. The van der Waals surface area contributed by atoms with Gasteiger partial charge in [0.15, 0.2) is 17.8 Å². The van der Waals surface area contributed by atoms with Crippen molar-refractivity contribution in [3.05, 3.63) is 36.1 Å². The molecule has 1 saturated carbocycles. The lowest BCUT2D eigenvalue weighted by Gasteiger charge is -2.43. The average Bonchev–Trinajstić information content (AvgIpc) is 3.56. The van der Waals surface area contributed by atoms with Gasteiger partial charge in [0.2, 0.25) is 6.29 Å². The summed E-state index contributed by atoms with van der Waals surface area (Å²) in [5.74, 6) is -1.95. The molecule has 0 aromatic heterocycles.